The normalized spacial score (nSPS) is 14.0. The van der Waals surface area contributed by atoms with Crippen LogP contribution in [0.15, 0.2) is 47.6 Å². The van der Waals surface area contributed by atoms with E-state index in [1.165, 1.54) is 6.42 Å². The lowest BCUT2D eigenvalue weighted by molar-refractivity contribution is 0.0724. The van der Waals surface area contributed by atoms with Crippen LogP contribution in [0.5, 0.6) is 5.75 Å². The standard InChI is InChI=1S/C19H22N4O2/c1-25-16-8-6-15(7-9-16)21-17-10-5-14(13-18(17)22-20)19(24)23-11-3-2-4-12-23/h5-10,13,20-21H,2-4,11-12H2,1H3. The molecule has 2 aromatic rings. The van der Waals surface area contributed by atoms with Crippen LogP contribution in [0.4, 0.5) is 17.1 Å². The van der Waals surface area contributed by atoms with Crippen LogP contribution in [0.2, 0.25) is 0 Å². The van der Waals surface area contributed by atoms with Gasteiger partial charge in [-0.25, -0.2) is 5.53 Å². The Balaban J connectivity index is 1.78. The summed E-state index contributed by atoms with van der Waals surface area (Å²) in [6.07, 6.45) is 3.29. The van der Waals surface area contributed by atoms with Crippen molar-refractivity contribution in [3.05, 3.63) is 48.0 Å². The van der Waals surface area contributed by atoms with Gasteiger partial charge in [0.1, 0.15) is 11.4 Å². The van der Waals surface area contributed by atoms with E-state index in [-0.39, 0.29) is 5.91 Å². The summed E-state index contributed by atoms with van der Waals surface area (Å²) >= 11 is 0. The van der Waals surface area contributed by atoms with Gasteiger partial charge in [0.15, 0.2) is 0 Å². The fourth-order valence-corrected chi connectivity index (χ4v) is 2.97. The number of methoxy groups -OCH3 is 1. The molecule has 0 unspecified atom stereocenters. The second-order valence-electron chi connectivity index (χ2n) is 6.05. The SMILES string of the molecule is COc1ccc(Nc2ccc(C(=O)N3CCCCC3)cc2N=N)cc1. The number of ether oxygens (including phenoxy) is 1. The molecule has 25 heavy (non-hydrogen) atoms. The quantitative estimate of drug-likeness (QED) is 0.774. The number of hydrogen-bond acceptors (Lipinski definition) is 5. The monoisotopic (exact) mass is 338 g/mol. The summed E-state index contributed by atoms with van der Waals surface area (Å²) in [5.41, 5.74) is 10.0. The predicted octanol–water partition coefficient (Wildman–Crippen LogP) is 4.73. The van der Waals surface area contributed by atoms with Crippen LogP contribution in [0.1, 0.15) is 29.6 Å². The van der Waals surface area contributed by atoms with E-state index < -0.39 is 0 Å². The minimum Gasteiger partial charge on any atom is -0.497 e. The summed E-state index contributed by atoms with van der Waals surface area (Å²) in [5, 5.41) is 6.81. The van der Waals surface area contributed by atoms with E-state index in [0.29, 0.717) is 16.9 Å². The van der Waals surface area contributed by atoms with Crippen LogP contribution < -0.4 is 10.1 Å². The molecule has 2 aromatic carbocycles. The second-order valence-corrected chi connectivity index (χ2v) is 6.05. The molecule has 0 atom stereocenters. The molecule has 1 saturated heterocycles. The molecule has 6 nitrogen and oxygen atoms in total. The summed E-state index contributed by atoms with van der Waals surface area (Å²) in [7, 11) is 1.62. The molecular weight excluding hydrogens is 316 g/mol. The number of anilines is 2. The summed E-state index contributed by atoms with van der Waals surface area (Å²) < 4.78 is 5.15. The molecular formula is C19H22N4O2. The van der Waals surface area contributed by atoms with Gasteiger partial charge in [-0.05, 0) is 61.7 Å². The Bertz CT molecular complexity index is 753. The molecule has 0 spiro atoms. The number of rotatable bonds is 5. The van der Waals surface area contributed by atoms with Gasteiger partial charge in [0.25, 0.3) is 5.91 Å². The second kappa shape index (κ2) is 7.79. The van der Waals surface area contributed by atoms with Crippen LogP contribution in [0.25, 0.3) is 0 Å². The maximum Gasteiger partial charge on any atom is 0.253 e. The molecule has 1 fully saturated rings. The fraction of sp³-hybridized carbons (Fsp3) is 0.316. The fourth-order valence-electron chi connectivity index (χ4n) is 2.97. The van der Waals surface area contributed by atoms with Crippen LogP contribution in [-0.4, -0.2) is 31.0 Å². The molecule has 1 aliphatic rings. The third-order valence-electron chi connectivity index (χ3n) is 4.38. The third kappa shape index (κ3) is 3.96. The Kier molecular flexibility index (Phi) is 5.28. The Hall–Kier alpha value is -2.89. The topological polar surface area (TPSA) is 77.8 Å². The van der Waals surface area contributed by atoms with Gasteiger partial charge in [0.05, 0.1) is 12.8 Å². The Labute approximate surface area is 147 Å². The van der Waals surface area contributed by atoms with Crippen LogP contribution in [0.3, 0.4) is 0 Å². The van der Waals surface area contributed by atoms with Crippen molar-refractivity contribution >= 4 is 23.0 Å². The average Bonchev–Trinajstić information content (AvgIpc) is 2.69. The van der Waals surface area contributed by atoms with Gasteiger partial charge in [-0.1, -0.05) is 0 Å². The van der Waals surface area contributed by atoms with E-state index in [2.05, 4.69) is 10.4 Å². The van der Waals surface area contributed by atoms with Crippen molar-refractivity contribution in [1.29, 1.82) is 5.53 Å². The minimum absolute atomic E-state index is 0.0144. The molecule has 3 rings (SSSR count). The van der Waals surface area contributed by atoms with Crippen molar-refractivity contribution in [3.8, 4) is 5.75 Å². The summed E-state index contributed by atoms with van der Waals surface area (Å²) in [6, 6.07) is 12.8. The van der Waals surface area contributed by atoms with Crippen molar-refractivity contribution in [2.45, 2.75) is 19.3 Å². The van der Waals surface area contributed by atoms with Crippen LogP contribution >= 0.6 is 0 Å². The van der Waals surface area contributed by atoms with Gasteiger partial charge in [0.2, 0.25) is 0 Å². The molecule has 130 valence electrons. The van der Waals surface area contributed by atoms with Gasteiger partial charge in [0, 0.05) is 24.3 Å². The summed E-state index contributed by atoms with van der Waals surface area (Å²) in [5.74, 6) is 0.791. The molecule has 0 saturated carbocycles. The smallest absolute Gasteiger partial charge is 0.253 e. The maximum atomic E-state index is 12.6. The highest BCUT2D eigenvalue weighted by Crippen LogP contribution is 2.30. The zero-order valence-corrected chi connectivity index (χ0v) is 14.3. The van der Waals surface area contributed by atoms with Crippen LogP contribution in [-0.2, 0) is 0 Å². The molecule has 1 aliphatic heterocycles. The van der Waals surface area contributed by atoms with Crippen molar-refractivity contribution < 1.29 is 9.53 Å². The highest BCUT2D eigenvalue weighted by molar-refractivity contribution is 5.96. The predicted molar refractivity (Wildman–Crippen MR) is 97.3 cm³/mol. The highest BCUT2D eigenvalue weighted by Gasteiger charge is 2.19. The molecule has 0 aromatic heterocycles. The summed E-state index contributed by atoms with van der Waals surface area (Å²) in [4.78, 5) is 14.5. The lowest BCUT2D eigenvalue weighted by Crippen LogP contribution is -2.35. The Morgan fingerprint density at radius 1 is 1.12 bits per heavy atom. The lowest BCUT2D eigenvalue weighted by Gasteiger charge is -2.26. The van der Waals surface area contributed by atoms with Crippen molar-refractivity contribution in [2.75, 3.05) is 25.5 Å². The first kappa shape index (κ1) is 17.0. The number of hydrogen-bond donors (Lipinski definition) is 2. The number of carbonyl (C=O) groups is 1. The van der Waals surface area contributed by atoms with Crippen LogP contribution in [0, 0.1) is 5.53 Å². The first-order valence-electron chi connectivity index (χ1n) is 8.43. The lowest BCUT2D eigenvalue weighted by atomic mass is 10.1. The molecule has 0 radical (unpaired) electrons. The molecule has 1 heterocycles. The zero-order chi connectivity index (χ0) is 17.6. The summed E-state index contributed by atoms with van der Waals surface area (Å²) in [6.45, 7) is 1.61. The van der Waals surface area contributed by atoms with Crippen molar-refractivity contribution in [2.24, 2.45) is 5.11 Å². The van der Waals surface area contributed by atoms with Gasteiger partial charge < -0.3 is 15.0 Å². The van der Waals surface area contributed by atoms with E-state index in [0.717, 1.165) is 37.4 Å². The third-order valence-corrected chi connectivity index (χ3v) is 4.38. The van der Waals surface area contributed by atoms with E-state index >= 15 is 0 Å². The number of benzene rings is 2. The highest BCUT2D eigenvalue weighted by atomic mass is 16.5. The molecule has 1 amide bonds. The Morgan fingerprint density at radius 2 is 1.84 bits per heavy atom. The van der Waals surface area contributed by atoms with E-state index in [1.807, 2.05) is 29.2 Å². The first-order valence-corrected chi connectivity index (χ1v) is 8.43. The molecule has 0 bridgehead atoms. The van der Waals surface area contributed by atoms with E-state index in [9.17, 15) is 4.79 Å². The molecule has 6 heteroatoms. The van der Waals surface area contributed by atoms with Gasteiger partial charge >= 0.3 is 0 Å². The number of carbonyl (C=O) groups excluding carboxylic acids is 1. The van der Waals surface area contributed by atoms with Gasteiger partial charge in [-0.2, -0.15) is 5.11 Å². The van der Waals surface area contributed by atoms with Gasteiger partial charge in [-0.3, -0.25) is 4.79 Å². The first-order chi connectivity index (χ1) is 12.2. The molecule has 0 aliphatic carbocycles. The minimum atomic E-state index is 0.0144. The van der Waals surface area contributed by atoms with E-state index in [1.54, 1.807) is 25.3 Å². The zero-order valence-electron chi connectivity index (χ0n) is 14.3. The average molecular weight is 338 g/mol. The van der Waals surface area contributed by atoms with E-state index in [4.69, 9.17) is 10.3 Å². The van der Waals surface area contributed by atoms with Crippen molar-refractivity contribution in [3.63, 3.8) is 0 Å². The largest absolute Gasteiger partial charge is 0.497 e. The number of amides is 1. The number of nitrogens with zero attached hydrogens (tertiary/aromatic N) is 2. The Morgan fingerprint density at radius 3 is 2.48 bits per heavy atom. The maximum absolute atomic E-state index is 12.6. The number of nitrogens with one attached hydrogen (secondary N) is 2. The van der Waals surface area contributed by atoms with Gasteiger partial charge in [-0.15, -0.1) is 0 Å². The molecule has 2 N–H and O–H groups in total. The number of piperidine rings is 1. The van der Waals surface area contributed by atoms with Crippen molar-refractivity contribution in [1.82, 2.24) is 4.90 Å². The number of likely N-dealkylation sites (tertiary alicyclic amines) is 1.